The molecular formula is C17H18N2O5+2. The van der Waals surface area contributed by atoms with Crippen molar-refractivity contribution in [2.75, 3.05) is 21.3 Å². The van der Waals surface area contributed by atoms with Crippen molar-refractivity contribution in [1.82, 2.24) is 0 Å². The van der Waals surface area contributed by atoms with Crippen LogP contribution in [0.2, 0.25) is 0 Å². The topological polar surface area (TPSA) is 61.8 Å². The lowest BCUT2D eigenvalue weighted by molar-refractivity contribution is -0.875. The minimum absolute atomic E-state index is 0.373. The summed E-state index contributed by atoms with van der Waals surface area (Å²) in [5.74, 6) is 0.581. The van der Waals surface area contributed by atoms with Crippen molar-refractivity contribution in [3.8, 4) is 11.5 Å². The molecule has 0 amide bonds. The maximum Gasteiger partial charge on any atom is 0.376 e. The van der Waals surface area contributed by atoms with Gasteiger partial charge in [0, 0.05) is 28.5 Å². The number of hydrogen-bond acceptors (Lipinski definition) is 5. The number of aromatic nitrogens is 2. The van der Waals surface area contributed by atoms with E-state index in [1.54, 1.807) is 42.9 Å². The molecule has 0 radical (unpaired) electrons. The molecule has 0 N–H and O–H groups in total. The van der Waals surface area contributed by atoms with Crippen LogP contribution in [0, 0.1) is 0 Å². The van der Waals surface area contributed by atoms with Gasteiger partial charge in [-0.05, 0) is 12.1 Å². The molecule has 24 heavy (non-hydrogen) atoms. The molecule has 0 spiro atoms. The Morgan fingerprint density at radius 3 is 1.79 bits per heavy atom. The standard InChI is InChI=1S/C17H18N2O5/c1-11(20)24-15-10-6-8-13-17(15)19(23-4)12-7-5-9-14(21-2)16(12)18(13)22-3/h5-10H,1-4H3/q+2. The number of fused-ring (bicyclic) bond motifs is 2. The maximum atomic E-state index is 11.4. The van der Waals surface area contributed by atoms with Gasteiger partial charge in [-0.1, -0.05) is 12.1 Å². The molecule has 1 heterocycles. The molecule has 7 heteroatoms. The van der Waals surface area contributed by atoms with E-state index in [9.17, 15) is 4.79 Å². The third kappa shape index (κ3) is 2.34. The highest BCUT2D eigenvalue weighted by molar-refractivity contribution is 5.84. The fraction of sp³-hybridized carbons (Fsp3) is 0.235. The zero-order valence-electron chi connectivity index (χ0n) is 13.9. The molecular weight excluding hydrogens is 312 g/mol. The van der Waals surface area contributed by atoms with Gasteiger partial charge in [-0.25, -0.2) is 0 Å². The van der Waals surface area contributed by atoms with Crippen molar-refractivity contribution in [3.63, 3.8) is 0 Å². The number of para-hydroxylation sites is 2. The van der Waals surface area contributed by atoms with E-state index in [0.29, 0.717) is 33.6 Å². The van der Waals surface area contributed by atoms with Crippen molar-refractivity contribution in [2.45, 2.75) is 6.92 Å². The molecule has 0 aliphatic rings. The number of carbonyl (C=O) groups is 1. The van der Waals surface area contributed by atoms with Gasteiger partial charge in [0.1, 0.15) is 14.2 Å². The summed E-state index contributed by atoms with van der Waals surface area (Å²) in [6, 6.07) is 10.9. The van der Waals surface area contributed by atoms with Gasteiger partial charge in [-0.15, -0.1) is 0 Å². The lowest BCUT2D eigenvalue weighted by Gasteiger charge is -2.07. The lowest BCUT2D eigenvalue weighted by Crippen LogP contribution is -2.51. The maximum absolute atomic E-state index is 11.4. The largest absolute Gasteiger partial charge is 0.490 e. The number of rotatable bonds is 4. The van der Waals surface area contributed by atoms with Gasteiger partial charge >= 0.3 is 28.0 Å². The first-order valence-corrected chi connectivity index (χ1v) is 7.29. The Morgan fingerprint density at radius 1 is 0.833 bits per heavy atom. The zero-order valence-corrected chi connectivity index (χ0v) is 13.9. The highest BCUT2D eigenvalue weighted by atomic mass is 16.7. The van der Waals surface area contributed by atoms with Crippen LogP contribution in [0.1, 0.15) is 6.92 Å². The summed E-state index contributed by atoms with van der Waals surface area (Å²) in [7, 11) is 4.69. The van der Waals surface area contributed by atoms with Crippen molar-refractivity contribution in [2.24, 2.45) is 0 Å². The molecule has 3 rings (SSSR count). The van der Waals surface area contributed by atoms with E-state index in [2.05, 4.69) is 0 Å². The van der Waals surface area contributed by atoms with Crippen LogP contribution in [-0.2, 0) is 4.79 Å². The van der Waals surface area contributed by atoms with Crippen LogP contribution in [0.15, 0.2) is 36.4 Å². The molecule has 0 bridgehead atoms. The predicted molar refractivity (Wildman–Crippen MR) is 84.7 cm³/mol. The number of benzene rings is 2. The van der Waals surface area contributed by atoms with Crippen LogP contribution in [0.4, 0.5) is 0 Å². The first-order chi connectivity index (χ1) is 11.6. The van der Waals surface area contributed by atoms with Crippen molar-refractivity contribution >= 4 is 28.0 Å². The molecule has 0 saturated carbocycles. The first-order valence-electron chi connectivity index (χ1n) is 7.29. The van der Waals surface area contributed by atoms with Crippen molar-refractivity contribution in [1.29, 1.82) is 0 Å². The van der Waals surface area contributed by atoms with Crippen LogP contribution < -0.4 is 28.6 Å². The molecule has 124 valence electrons. The summed E-state index contributed by atoms with van der Waals surface area (Å²) in [6.07, 6.45) is 0. The Labute approximate surface area is 138 Å². The van der Waals surface area contributed by atoms with Crippen LogP contribution in [-0.4, -0.2) is 27.3 Å². The average molecular weight is 330 g/mol. The highest BCUT2D eigenvalue weighted by Gasteiger charge is 2.36. The van der Waals surface area contributed by atoms with Crippen LogP contribution >= 0.6 is 0 Å². The third-order valence-electron chi connectivity index (χ3n) is 3.64. The number of hydrogen-bond donors (Lipinski definition) is 0. The first kappa shape index (κ1) is 15.8. The Balaban J connectivity index is 2.56. The Kier molecular flexibility index (Phi) is 4.07. The smallest absolute Gasteiger partial charge is 0.376 e. The molecule has 1 aromatic heterocycles. The van der Waals surface area contributed by atoms with Gasteiger partial charge < -0.3 is 9.47 Å². The van der Waals surface area contributed by atoms with E-state index in [1.807, 2.05) is 24.3 Å². The van der Waals surface area contributed by atoms with Crippen LogP contribution in [0.3, 0.4) is 0 Å². The van der Waals surface area contributed by atoms with Crippen molar-refractivity contribution in [3.05, 3.63) is 36.4 Å². The van der Waals surface area contributed by atoms with Gasteiger partial charge in [-0.2, -0.15) is 0 Å². The third-order valence-corrected chi connectivity index (χ3v) is 3.64. The molecule has 7 nitrogen and oxygen atoms in total. The van der Waals surface area contributed by atoms with E-state index in [1.165, 1.54) is 6.92 Å². The van der Waals surface area contributed by atoms with E-state index < -0.39 is 5.97 Å². The highest BCUT2D eigenvalue weighted by Crippen LogP contribution is 2.26. The van der Waals surface area contributed by atoms with E-state index in [4.69, 9.17) is 19.1 Å². The number of nitrogens with zero attached hydrogens (tertiary/aromatic N) is 2. The number of carbonyl (C=O) groups excluding carboxylic acids is 1. The summed E-state index contributed by atoms with van der Waals surface area (Å²) >= 11 is 0. The van der Waals surface area contributed by atoms with Gasteiger partial charge in [0.2, 0.25) is 11.5 Å². The quantitative estimate of drug-likeness (QED) is 0.304. The molecule has 0 atom stereocenters. The van der Waals surface area contributed by atoms with Gasteiger partial charge in [-0.3, -0.25) is 14.5 Å². The number of methoxy groups -OCH3 is 1. The SMILES string of the molecule is COc1cccc2c1[n+](OC)c1cccc(OC(C)=O)c1[n+]2OC. The Hall–Kier alpha value is -3.09. The van der Waals surface area contributed by atoms with E-state index in [0.717, 1.165) is 0 Å². The molecule has 0 saturated heterocycles. The molecule has 0 fully saturated rings. The monoisotopic (exact) mass is 330 g/mol. The zero-order chi connectivity index (χ0) is 17.3. The summed E-state index contributed by atoms with van der Waals surface area (Å²) in [4.78, 5) is 22.6. The van der Waals surface area contributed by atoms with E-state index >= 15 is 0 Å². The van der Waals surface area contributed by atoms with Crippen LogP contribution in [0.5, 0.6) is 11.5 Å². The Morgan fingerprint density at radius 2 is 1.33 bits per heavy atom. The molecule has 0 aliphatic carbocycles. The molecule has 2 aromatic carbocycles. The second-order valence-corrected chi connectivity index (χ2v) is 5.00. The minimum Gasteiger partial charge on any atom is -0.490 e. The summed E-state index contributed by atoms with van der Waals surface area (Å²) < 4.78 is 14.0. The summed E-state index contributed by atoms with van der Waals surface area (Å²) in [6.45, 7) is 1.35. The molecule has 0 aliphatic heterocycles. The number of esters is 1. The average Bonchev–Trinajstić information content (AvgIpc) is 2.58. The fourth-order valence-corrected chi connectivity index (χ4v) is 2.78. The minimum atomic E-state index is -0.417. The second-order valence-electron chi connectivity index (χ2n) is 5.00. The lowest BCUT2D eigenvalue weighted by atomic mass is 10.2. The molecule has 0 unspecified atom stereocenters. The summed E-state index contributed by atoms with van der Waals surface area (Å²) in [5, 5.41) is 0. The fourth-order valence-electron chi connectivity index (χ4n) is 2.78. The van der Waals surface area contributed by atoms with Gasteiger partial charge in [0.25, 0.3) is 0 Å². The van der Waals surface area contributed by atoms with E-state index in [-0.39, 0.29) is 0 Å². The van der Waals surface area contributed by atoms with Crippen LogP contribution in [0.25, 0.3) is 22.1 Å². The van der Waals surface area contributed by atoms with Gasteiger partial charge in [0.05, 0.1) is 7.11 Å². The van der Waals surface area contributed by atoms with Crippen molar-refractivity contribution < 1.29 is 33.4 Å². The normalized spacial score (nSPS) is 10.7. The predicted octanol–water partition coefficient (Wildman–Crippen LogP) is 0.619. The molecule has 3 aromatic rings. The number of ether oxygens (including phenoxy) is 2. The van der Waals surface area contributed by atoms with Gasteiger partial charge in [0.15, 0.2) is 0 Å². The Bertz CT molecular complexity index is 939. The summed E-state index contributed by atoms with van der Waals surface area (Å²) in [5.41, 5.74) is 2.62. The second kappa shape index (κ2) is 6.19.